The number of piperidine rings is 1. The molecule has 0 amide bonds. The van der Waals surface area contributed by atoms with Crippen molar-refractivity contribution in [1.82, 2.24) is 4.90 Å². The zero-order valence-electron chi connectivity index (χ0n) is 9.94. The topological polar surface area (TPSA) is 38.5 Å². The Bertz CT molecular complexity index is 351. The van der Waals surface area contributed by atoms with Crippen molar-refractivity contribution >= 4 is 11.6 Å². The summed E-state index contributed by atoms with van der Waals surface area (Å²) in [5.74, 6) is 0.767. The van der Waals surface area contributed by atoms with Crippen LogP contribution in [0, 0.1) is 0 Å². The summed E-state index contributed by atoms with van der Waals surface area (Å²) in [7, 11) is 0. The Balaban J connectivity index is 1.71. The summed E-state index contributed by atoms with van der Waals surface area (Å²) in [4.78, 5) is 2.39. The molecule has 0 spiro atoms. The third-order valence-corrected chi connectivity index (χ3v) is 3.45. The van der Waals surface area contributed by atoms with Crippen LogP contribution in [-0.2, 0) is 0 Å². The maximum Gasteiger partial charge on any atom is 0.137 e. The molecule has 0 radical (unpaired) electrons. The van der Waals surface area contributed by atoms with Crippen molar-refractivity contribution in [3.05, 3.63) is 29.3 Å². The number of benzene rings is 1. The molecule has 0 aromatic heterocycles. The monoisotopic (exact) mass is 254 g/mol. The molecule has 17 heavy (non-hydrogen) atoms. The molecule has 2 N–H and O–H groups in total. The molecule has 1 fully saturated rings. The Morgan fingerprint density at radius 1 is 1.29 bits per heavy atom. The Labute approximate surface area is 107 Å². The summed E-state index contributed by atoms with van der Waals surface area (Å²) in [6.45, 7) is 3.77. The van der Waals surface area contributed by atoms with Crippen molar-refractivity contribution in [2.24, 2.45) is 5.73 Å². The fraction of sp³-hybridized carbons (Fsp3) is 0.538. The highest BCUT2D eigenvalue weighted by Crippen LogP contribution is 2.22. The summed E-state index contributed by atoms with van der Waals surface area (Å²) in [6.07, 6.45) is 2.18. The highest BCUT2D eigenvalue weighted by Gasteiger charge is 2.15. The van der Waals surface area contributed by atoms with E-state index in [9.17, 15) is 0 Å². The molecule has 0 aliphatic carbocycles. The van der Waals surface area contributed by atoms with Crippen LogP contribution in [0.5, 0.6) is 5.75 Å². The molecule has 1 aromatic carbocycles. The van der Waals surface area contributed by atoms with E-state index in [1.807, 2.05) is 24.3 Å². The van der Waals surface area contributed by atoms with Crippen LogP contribution in [0.3, 0.4) is 0 Å². The Morgan fingerprint density at radius 3 is 2.71 bits per heavy atom. The second-order valence-electron chi connectivity index (χ2n) is 4.46. The molecule has 1 aliphatic rings. The average molecular weight is 255 g/mol. The molecule has 0 unspecified atom stereocenters. The van der Waals surface area contributed by atoms with Gasteiger partial charge in [-0.05, 0) is 38.1 Å². The maximum absolute atomic E-state index is 6.01. The van der Waals surface area contributed by atoms with Crippen molar-refractivity contribution < 1.29 is 4.74 Å². The molecule has 1 heterocycles. The third kappa shape index (κ3) is 3.87. The second kappa shape index (κ2) is 6.24. The smallest absolute Gasteiger partial charge is 0.137 e. The van der Waals surface area contributed by atoms with E-state index < -0.39 is 0 Å². The second-order valence-corrected chi connectivity index (χ2v) is 4.87. The van der Waals surface area contributed by atoms with Crippen LogP contribution in [-0.4, -0.2) is 37.2 Å². The molecular weight excluding hydrogens is 236 g/mol. The predicted molar refractivity (Wildman–Crippen MR) is 70.6 cm³/mol. The Kier molecular flexibility index (Phi) is 4.66. The zero-order chi connectivity index (χ0) is 12.1. The number of nitrogens with zero attached hydrogens (tertiary/aromatic N) is 1. The van der Waals surface area contributed by atoms with Gasteiger partial charge in [0.15, 0.2) is 0 Å². The fourth-order valence-electron chi connectivity index (χ4n) is 2.02. The zero-order valence-corrected chi connectivity index (χ0v) is 10.7. The lowest BCUT2D eigenvalue weighted by Gasteiger charge is -2.29. The molecule has 1 saturated heterocycles. The van der Waals surface area contributed by atoms with Gasteiger partial charge in [-0.3, -0.25) is 4.90 Å². The van der Waals surface area contributed by atoms with Crippen molar-refractivity contribution in [1.29, 1.82) is 0 Å². The normalized spacial score (nSPS) is 18.2. The quantitative estimate of drug-likeness (QED) is 0.895. The Morgan fingerprint density at radius 2 is 2.00 bits per heavy atom. The lowest BCUT2D eigenvalue weighted by Crippen LogP contribution is -2.41. The van der Waals surface area contributed by atoms with Gasteiger partial charge in [0.1, 0.15) is 12.4 Å². The fourth-order valence-corrected chi connectivity index (χ4v) is 2.21. The first-order valence-corrected chi connectivity index (χ1v) is 6.49. The number of hydrogen-bond donors (Lipinski definition) is 1. The SMILES string of the molecule is NC1CCN(CCOc2ccccc2Cl)CC1. The highest BCUT2D eigenvalue weighted by atomic mass is 35.5. The summed E-state index contributed by atoms with van der Waals surface area (Å²) in [5, 5.41) is 0.674. The largest absolute Gasteiger partial charge is 0.491 e. The van der Waals surface area contributed by atoms with E-state index in [-0.39, 0.29) is 0 Å². The van der Waals surface area contributed by atoms with Gasteiger partial charge in [0, 0.05) is 12.6 Å². The summed E-state index contributed by atoms with van der Waals surface area (Å²) in [6, 6.07) is 7.96. The minimum absolute atomic E-state index is 0.385. The molecular formula is C13H19ClN2O. The molecule has 0 bridgehead atoms. The summed E-state index contributed by atoms with van der Waals surface area (Å²) in [5.41, 5.74) is 5.86. The van der Waals surface area contributed by atoms with Gasteiger partial charge in [-0.15, -0.1) is 0 Å². The Hall–Kier alpha value is -0.770. The predicted octanol–water partition coefficient (Wildman–Crippen LogP) is 2.14. The lowest BCUT2D eigenvalue weighted by atomic mass is 10.1. The van der Waals surface area contributed by atoms with Gasteiger partial charge in [-0.25, -0.2) is 0 Å². The molecule has 0 saturated carbocycles. The number of rotatable bonds is 4. The molecule has 1 aromatic rings. The molecule has 94 valence electrons. The number of halogens is 1. The van der Waals surface area contributed by atoms with Crippen LogP contribution >= 0.6 is 11.6 Å². The van der Waals surface area contributed by atoms with Crippen molar-refractivity contribution in [2.75, 3.05) is 26.2 Å². The van der Waals surface area contributed by atoms with Crippen LogP contribution in [0.15, 0.2) is 24.3 Å². The van der Waals surface area contributed by atoms with Crippen LogP contribution in [0.1, 0.15) is 12.8 Å². The van der Waals surface area contributed by atoms with Gasteiger partial charge >= 0.3 is 0 Å². The van der Waals surface area contributed by atoms with E-state index in [0.29, 0.717) is 17.7 Å². The molecule has 2 rings (SSSR count). The van der Waals surface area contributed by atoms with Gasteiger partial charge in [0.05, 0.1) is 5.02 Å². The minimum Gasteiger partial charge on any atom is -0.491 e. The van der Waals surface area contributed by atoms with Crippen molar-refractivity contribution in [3.8, 4) is 5.75 Å². The average Bonchev–Trinajstić information content (AvgIpc) is 2.34. The standard InChI is InChI=1S/C13H19ClN2O/c14-12-3-1-2-4-13(12)17-10-9-16-7-5-11(15)6-8-16/h1-4,11H,5-10,15H2. The van der Waals surface area contributed by atoms with E-state index in [2.05, 4.69) is 4.90 Å². The number of para-hydroxylation sites is 1. The number of nitrogens with two attached hydrogens (primary N) is 1. The first-order chi connectivity index (χ1) is 8.25. The minimum atomic E-state index is 0.385. The van der Waals surface area contributed by atoms with Crippen LogP contribution in [0.25, 0.3) is 0 Å². The van der Waals surface area contributed by atoms with E-state index in [1.54, 1.807) is 0 Å². The number of hydrogen-bond acceptors (Lipinski definition) is 3. The first-order valence-electron chi connectivity index (χ1n) is 6.11. The van der Waals surface area contributed by atoms with Gasteiger partial charge < -0.3 is 10.5 Å². The van der Waals surface area contributed by atoms with E-state index >= 15 is 0 Å². The van der Waals surface area contributed by atoms with Gasteiger partial charge in [-0.1, -0.05) is 23.7 Å². The van der Waals surface area contributed by atoms with Gasteiger partial charge in [0.2, 0.25) is 0 Å². The van der Waals surface area contributed by atoms with E-state index in [4.69, 9.17) is 22.1 Å². The molecule has 3 nitrogen and oxygen atoms in total. The lowest BCUT2D eigenvalue weighted by molar-refractivity contribution is 0.174. The van der Waals surface area contributed by atoms with Gasteiger partial charge in [-0.2, -0.15) is 0 Å². The van der Waals surface area contributed by atoms with Crippen molar-refractivity contribution in [2.45, 2.75) is 18.9 Å². The number of ether oxygens (including phenoxy) is 1. The highest BCUT2D eigenvalue weighted by molar-refractivity contribution is 6.32. The molecule has 1 aliphatic heterocycles. The molecule has 4 heteroatoms. The van der Waals surface area contributed by atoms with Crippen LogP contribution in [0.4, 0.5) is 0 Å². The summed E-state index contributed by atoms with van der Waals surface area (Å²) >= 11 is 6.01. The van der Waals surface area contributed by atoms with Crippen LogP contribution in [0.2, 0.25) is 5.02 Å². The van der Waals surface area contributed by atoms with E-state index in [0.717, 1.165) is 38.2 Å². The van der Waals surface area contributed by atoms with Crippen molar-refractivity contribution in [3.63, 3.8) is 0 Å². The molecule has 0 atom stereocenters. The van der Waals surface area contributed by atoms with E-state index in [1.165, 1.54) is 0 Å². The maximum atomic E-state index is 6.01. The summed E-state index contributed by atoms with van der Waals surface area (Å²) < 4.78 is 5.66. The number of likely N-dealkylation sites (tertiary alicyclic amines) is 1. The first kappa shape index (κ1) is 12.7. The van der Waals surface area contributed by atoms with Gasteiger partial charge in [0.25, 0.3) is 0 Å². The van der Waals surface area contributed by atoms with Crippen LogP contribution < -0.4 is 10.5 Å². The third-order valence-electron chi connectivity index (χ3n) is 3.13.